The van der Waals surface area contributed by atoms with E-state index in [1.165, 1.54) is 0 Å². The first kappa shape index (κ1) is 18.2. The molecule has 0 radical (unpaired) electrons. The molecule has 130 valence electrons. The average molecular weight is 329 g/mol. The highest BCUT2D eigenvalue weighted by atomic mass is 16.3. The monoisotopic (exact) mass is 329 g/mol. The van der Waals surface area contributed by atoms with Gasteiger partial charge in [0.15, 0.2) is 0 Å². The summed E-state index contributed by atoms with van der Waals surface area (Å²) in [6.07, 6.45) is 8.50. The zero-order valence-corrected chi connectivity index (χ0v) is 14.3. The molecule has 1 aromatic rings. The zero-order chi connectivity index (χ0) is 17.4. The third-order valence-electron chi connectivity index (χ3n) is 4.66. The van der Waals surface area contributed by atoms with Gasteiger partial charge in [0.05, 0.1) is 0 Å². The van der Waals surface area contributed by atoms with E-state index in [1.807, 2.05) is 12.1 Å². The van der Waals surface area contributed by atoms with E-state index in [2.05, 4.69) is 24.4 Å². The van der Waals surface area contributed by atoms with Crippen molar-refractivity contribution in [3.05, 3.63) is 42.0 Å². The molecule has 0 bridgehead atoms. The third kappa shape index (κ3) is 5.52. The number of ketones is 1. The Bertz CT molecular complexity index is 577. The molecule has 4 heteroatoms. The fraction of sp³-hybridized carbons (Fsp3) is 0.500. The van der Waals surface area contributed by atoms with Crippen LogP contribution in [0.1, 0.15) is 44.6 Å². The number of benzene rings is 1. The standard InChI is InChI=1S/C20H27NO3/c1-2-3-4-5-18-16(8-11-19(18)23)14-20(24)21-13-12-15-6-9-17(22)10-7-15/h3-4,6-7,9-10,16,18,22H,2,5,8,11-14H2,1H3,(H,21,24)/t16-,18-/m1/s1. The SMILES string of the molecule is CCC=CC[C@H]1C(=O)CC[C@@H]1CC(=O)NCCc1ccc(O)cc1. The number of nitrogens with one attached hydrogen (secondary N) is 1. The molecule has 2 N–H and O–H groups in total. The van der Waals surface area contributed by atoms with Crippen molar-refractivity contribution in [2.45, 2.75) is 45.4 Å². The second-order valence-corrected chi connectivity index (χ2v) is 6.46. The molecule has 0 saturated heterocycles. The first-order valence-corrected chi connectivity index (χ1v) is 8.82. The van der Waals surface area contributed by atoms with Crippen molar-refractivity contribution < 1.29 is 14.7 Å². The Morgan fingerprint density at radius 3 is 2.75 bits per heavy atom. The van der Waals surface area contributed by atoms with Crippen molar-refractivity contribution in [3.8, 4) is 5.75 Å². The smallest absolute Gasteiger partial charge is 0.220 e. The van der Waals surface area contributed by atoms with Crippen molar-refractivity contribution in [1.82, 2.24) is 5.32 Å². The predicted octanol–water partition coefficient (Wildman–Crippen LogP) is 3.39. The minimum atomic E-state index is 0.00986. The third-order valence-corrected chi connectivity index (χ3v) is 4.66. The molecule has 1 aliphatic rings. The van der Waals surface area contributed by atoms with Crippen molar-refractivity contribution in [2.24, 2.45) is 11.8 Å². The van der Waals surface area contributed by atoms with E-state index in [-0.39, 0.29) is 23.5 Å². The number of carbonyl (C=O) groups excluding carboxylic acids is 2. The molecule has 4 nitrogen and oxygen atoms in total. The Hall–Kier alpha value is -2.10. The molecular formula is C20H27NO3. The van der Waals surface area contributed by atoms with E-state index < -0.39 is 0 Å². The number of hydrogen-bond acceptors (Lipinski definition) is 3. The first-order valence-electron chi connectivity index (χ1n) is 8.82. The molecule has 2 rings (SSSR count). The largest absolute Gasteiger partial charge is 0.508 e. The van der Waals surface area contributed by atoms with Crippen molar-refractivity contribution in [1.29, 1.82) is 0 Å². The minimum absolute atomic E-state index is 0.00986. The van der Waals surface area contributed by atoms with Gasteiger partial charge >= 0.3 is 0 Å². The van der Waals surface area contributed by atoms with Gasteiger partial charge in [0.25, 0.3) is 0 Å². The number of hydrogen-bond donors (Lipinski definition) is 2. The van der Waals surface area contributed by atoms with Crippen LogP contribution in [-0.2, 0) is 16.0 Å². The molecule has 1 fully saturated rings. The summed E-state index contributed by atoms with van der Waals surface area (Å²) in [5.41, 5.74) is 1.08. The molecule has 1 saturated carbocycles. The summed E-state index contributed by atoms with van der Waals surface area (Å²) in [6.45, 7) is 2.65. The maximum Gasteiger partial charge on any atom is 0.220 e. The lowest BCUT2D eigenvalue weighted by Gasteiger charge is -2.16. The van der Waals surface area contributed by atoms with Gasteiger partial charge in [0, 0.05) is 25.3 Å². The molecule has 0 spiro atoms. The van der Waals surface area contributed by atoms with E-state index in [0.29, 0.717) is 25.2 Å². The van der Waals surface area contributed by atoms with E-state index in [4.69, 9.17) is 0 Å². The van der Waals surface area contributed by atoms with Gasteiger partial charge in [0.2, 0.25) is 5.91 Å². The van der Waals surface area contributed by atoms with Gasteiger partial charge in [-0.15, -0.1) is 0 Å². The van der Waals surface area contributed by atoms with E-state index in [1.54, 1.807) is 12.1 Å². The van der Waals surface area contributed by atoms with Crippen molar-refractivity contribution in [2.75, 3.05) is 6.54 Å². The summed E-state index contributed by atoms with van der Waals surface area (Å²) >= 11 is 0. The fourth-order valence-electron chi connectivity index (χ4n) is 3.27. The second-order valence-electron chi connectivity index (χ2n) is 6.46. The normalized spacial score (nSPS) is 20.6. The van der Waals surface area contributed by atoms with Crippen LogP contribution >= 0.6 is 0 Å². The van der Waals surface area contributed by atoms with Crippen LogP contribution in [0, 0.1) is 11.8 Å². The van der Waals surface area contributed by atoms with E-state index >= 15 is 0 Å². The van der Waals surface area contributed by atoms with Crippen LogP contribution in [0.2, 0.25) is 0 Å². The topological polar surface area (TPSA) is 66.4 Å². The van der Waals surface area contributed by atoms with Gasteiger partial charge in [-0.25, -0.2) is 0 Å². The Morgan fingerprint density at radius 1 is 1.29 bits per heavy atom. The maximum atomic E-state index is 12.1. The van der Waals surface area contributed by atoms with Crippen LogP contribution in [0.3, 0.4) is 0 Å². The van der Waals surface area contributed by atoms with Gasteiger partial charge in [0.1, 0.15) is 11.5 Å². The van der Waals surface area contributed by atoms with Gasteiger partial charge < -0.3 is 10.4 Å². The average Bonchev–Trinajstić information content (AvgIpc) is 2.90. The number of amides is 1. The van der Waals surface area contributed by atoms with Gasteiger partial charge in [-0.2, -0.15) is 0 Å². The van der Waals surface area contributed by atoms with E-state index in [9.17, 15) is 14.7 Å². The second kappa shape index (κ2) is 9.26. The number of allylic oxidation sites excluding steroid dienone is 2. The predicted molar refractivity (Wildman–Crippen MR) is 94.7 cm³/mol. The van der Waals surface area contributed by atoms with Crippen molar-refractivity contribution >= 4 is 11.7 Å². The Labute approximate surface area is 144 Å². The Balaban J connectivity index is 1.75. The van der Waals surface area contributed by atoms with Gasteiger partial charge in [-0.3, -0.25) is 9.59 Å². The molecule has 0 unspecified atom stereocenters. The number of phenols is 1. The molecule has 1 aromatic carbocycles. The molecule has 0 heterocycles. The molecule has 2 atom stereocenters. The van der Waals surface area contributed by atoms with Gasteiger partial charge in [-0.1, -0.05) is 31.2 Å². The summed E-state index contributed by atoms with van der Waals surface area (Å²) < 4.78 is 0. The Morgan fingerprint density at radius 2 is 2.04 bits per heavy atom. The van der Waals surface area contributed by atoms with E-state index in [0.717, 1.165) is 31.2 Å². The zero-order valence-electron chi connectivity index (χ0n) is 14.3. The van der Waals surface area contributed by atoms with Crippen LogP contribution in [0.4, 0.5) is 0 Å². The Kier molecular flexibility index (Phi) is 7.04. The summed E-state index contributed by atoms with van der Waals surface area (Å²) in [5, 5.41) is 12.2. The number of phenolic OH excluding ortho intramolecular Hbond substituents is 1. The number of aromatic hydroxyl groups is 1. The number of carbonyl (C=O) groups is 2. The highest BCUT2D eigenvalue weighted by molar-refractivity contribution is 5.85. The summed E-state index contributed by atoms with van der Waals surface area (Å²) in [5.74, 6) is 0.760. The first-order chi connectivity index (χ1) is 11.6. The quantitative estimate of drug-likeness (QED) is 0.718. The summed E-state index contributed by atoms with van der Waals surface area (Å²) in [7, 11) is 0. The van der Waals surface area contributed by atoms with Crippen LogP contribution in [0.15, 0.2) is 36.4 Å². The molecule has 0 aliphatic heterocycles. The van der Waals surface area contributed by atoms with Crippen LogP contribution < -0.4 is 5.32 Å². The number of Topliss-reactive ketones (excluding diaryl/α,β-unsaturated/α-hetero) is 1. The van der Waals surface area contributed by atoms with Gasteiger partial charge in [-0.05, 0) is 49.3 Å². The highest BCUT2D eigenvalue weighted by Gasteiger charge is 2.34. The summed E-state index contributed by atoms with van der Waals surface area (Å²) in [4.78, 5) is 24.1. The molecule has 24 heavy (non-hydrogen) atoms. The lowest BCUT2D eigenvalue weighted by atomic mass is 9.89. The maximum absolute atomic E-state index is 12.1. The van der Waals surface area contributed by atoms with Crippen LogP contribution in [0.25, 0.3) is 0 Å². The van der Waals surface area contributed by atoms with Crippen LogP contribution in [0.5, 0.6) is 5.75 Å². The molecule has 1 amide bonds. The minimum Gasteiger partial charge on any atom is -0.508 e. The highest BCUT2D eigenvalue weighted by Crippen LogP contribution is 2.34. The summed E-state index contributed by atoms with van der Waals surface area (Å²) in [6, 6.07) is 7.01. The molecule has 1 aliphatic carbocycles. The van der Waals surface area contributed by atoms with Crippen LogP contribution in [-0.4, -0.2) is 23.3 Å². The molecule has 0 aromatic heterocycles. The lowest BCUT2D eigenvalue weighted by molar-refractivity contribution is -0.123. The lowest BCUT2D eigenvalue weighted by Crippen LogP contribution is -2.29. The fourth-order valence-corrected chi connectivity index (χ4v) is 3.27. The number of rotatable bonds is 8. The molecular weight excluding hydrogens is 302 g/mol. The van der Waals surface area contributed by atoms with Crippen molar-refractivity contribution in [3.63, 3.8) is 0 Å².